The molecule has 0 radical (unpaired) electrons. The van der Waals surface area contributed by atoms with Crippen LogP contribution < -0.4 is 4.74 Å². The fraction of sp³-hybridized carbons (Fsp3) is 0.217. The Morgan fingerprint density at radius 3 is 2.50 bits per heavy atom. The number of halogens is 1. The van der Waals surface area contributed by atoms with Crippen LogP contribution in [0.1, 0.15) is 28.5 Å². The number of esters is 1. The van der Waals surface area contributed by atoms with Gasteiger partial charge in [-0.2, -0.15) is 0 Å². The van der Waals surface area contributed by atoms with Crippen molar-refractivity contribution in [3.05, 3.63) is 64.3 Å². The number of fused-ring (bicyclic) bond motifs is 1. The Labute approximate surface area is 181 Å². The molecule has 0 unspecified atom stereocenters. The van der Waals surface area contributed by atoms with Crippen molar-refractivity contribution in [3.63, 3.8) is 0 Å². The number of carbonyl (C=O) groups excluding carboxylic acids is 1. The standard InChI is InChI=1S/C23H22ClNO4Si/c1-15(26)29-19-6-8-21-18(12-19)13-22(23(27)28)25(21)14-16-5-7-20(24)17(11-16)9-10-30(2,3)4/h5-8,11-13H,14H2,1-4H3,(H,27,28). The molecular weight excluding hydrogens is 418 g/mol. The van der Waals surface area contributed by atoms with Crippen LogP contribution in [0.3, 0.4) is 0 Å². The topological polar surface area (TPSA) is 68.5 Å². The minimum Gasteiger partial charge on any atom is -0.477 e. The number of benzene rings is 2. The number of hydrogen-bond donors (Lipinski definition) is 1. The molecule has 7 heteroatoms. The first-order valence-electron chi connectivity index (χ1n) is 9.40. The third-order valence-electron chi connectivity index (χ3n) is 4.30. The van der Waals surface area contributed by atoms with Gasteiger partial charge in [0, 0.05) is 29.9 Å². The van der Waals surface area contributed by atoms with Crippen LogP contribution in [-0.4, -0.2) is 29.7 Å². The molecule has 0 atom stereocenters. The van der Waals surface area contributed by atoms with Crippen LogP contribution in [0.25, 0.3) is 10.9 Å². The predicted molar refractivity (Wildman–Crippen MR) is 121 cm³/mol. The van der Waals surface area contributed by atoms with E-state index >= 15 is 0 Å². The van der Waals surface area contributed by atoms with Gasteiger partial charge in [-0.1, -0.05) is 43.2 Å². The van der Waals surface area contributed by atoms with Crippen molar-refractivity contribution in [1.82, 2.24) is 4.57 Å². The second kappa shape index (κ2) is 8.39. The van der Waals surface area contributed by atoms with Gasteiger partial charge in [-0.3, -0.25) is 4.79 Å². The monoisotopic (exact) mass is 439 g/mol. The molecule has 1 aromatic heterocycles. The quantitative estimate of drug-likeness (QED) is 0.262. The van der Waals surface area contributed by atoms with E-state index in [4.69, 9.17) is 16.3 Å². The van der Waals surface area contributed by atoms with Gasteiger partial charge in [0.1, 0.15) is 19.5 Å². The average molecular weight is 440 g/mol. The molecule has 3 aromatic rings. The van der Waals surface area contributed by atoms with Crippen molar-refractivity contribution in [1.29, 1.82) is 0 Å². The molecule has 0 bridgehead atoms. The highest BCUT2D eigenvalue weighted by molar-refractivity contribution is 6.83. The number of aromatic nitrogens is 1. The Kier molecular flexibility index (Phi) is 6.06. The Morgan fingerprint density at radius 2 is 1.87 bits per heavy atom. The largest absolute Gasteiger partial charge is 0.477 e. The maximum Gasteiger partial charge on any atom is 0.352 e. The van der Waals surface area contributed by atoms with Crippen molar-refractivity contribution >= 4 is 42.5 Å². The summed E-state index contributed by atoms with van der Waals surface area (Å²) in [6.07, 6.45) is 0. The van der Waals surface area contributed by atoms with E-state index in [1.165, 1.54) is 6.92 Å². The number of rotatable bonds is 4. The maximum absolute atomic E-state index is 11.8. The van der Waals surface area contributed by atoms with Crippen molar-refractivity contribution in [2.24, 2.45) is 0 Å². The highest BCUT2D eigenvalue weighted by Crippen LogP contribution is 2.27. The van der Waals surface area contributed by atoms with E-state index < -0.39 is 20.0 Å². The fourth-order valence-electron chi connectivity index (χ4n) is 3.03. The number of aromatic carboxylic acids is 1. The lowest BCUT2D eigenvalue weighted by Crippen LogP contribution is -2.16. The highest BCUT2D eigenvalue weighted by atomic mass is 35.5. The molecule has 3 rings (SSSR count). The van der Waals surface area contributed by atoms with E-state index in [9.17, 15) is 14.7 Å². The zero-order valence-corrected chi connectivity index (χ0v) is 19.0. The van der Waals surface area contributed by atoms with Crippen molar-refractivity contribution < 1.29 is 19.4 Å². The summed E-state index contributed by atoms with van der Waals surface area (Å²) in [6.45, 7) is 8.14. The van der Waals surface area contributed by atoms with Crippen molar-refractivity contribution in [2.75, 3.05) is 0 Å². The Hall–Kier alpha value is -3.01. The summed E-state index contributed by atoms with van der Waals surface area (Å²) in [7, 11) is -1.56. The van der Waals surface area contributed by atoms with Gasteiger partial charge in [0.2, 0.25) is 0 Å². The lowest BCUT2D eigenvalue weighted by molar-refractivity contribution is -0.131. The van der Waals surface area contributed by atoms with E-state index in [0.717, 1.165) is 16.6 Å². The summed E-state index contributed by atoms with van der Waals surface area (Å²) >= 11 is 6.31. The van der Waals surface area contributed by atoms with Gasteiger partial charge in [0.15, 0.2) is 0 Å². The van der Waals surface area contributed by atoms with Crippen LogP contribution in [0.5, 0.6) is 5.75 Å². The van der Waals surface area contributed by atoms with E-state index in [0.29, 0.717) is 22.7 Å². The first-order chi connectivity index (χ1) is 14.0. The highest BCUT2D eigenvalue weighted by Gasteiger charge is 2.16. The SMILES string of the molecule is CC(=O)Oc1ccc2c(c1)cc(C(=O)O)n2Cc1ccc(Cl)c(C#C[Si](C)(C)C)c1. The molecule has 1 N–H and O–H groups in total. The summed E-state index contributed by atoms with van der Waals surface area (Å²) < 4.78 is 6.83. The molecule has 5 nitrogen and oxygen atoms in total. The summed E-state index contributed by atoms with van der Waals surface area (Å²) in [5, 5.41) is 10.9. The average Bonchev–Trinajstić information content (AvgIpc) is 2.99. The summed E-state index contributed by atoms with van der Waals surface area (Å²) in [4.78, 5) is 23.0. The van der Waals surface area contributed by atoms with Crippen molar-refractivity contribution in [2.45, 2.75) is 33.1 Å². The van der Waals surface area contributed by atoms with Crippen LogP contribution >= 0.6 is 11.6 Å². The van der Waals surface area contributed by atoms with Crippen LogP contribution in [0.15, 0.2) is 42.5 Å². The van der Waals surface area contributed by atoms with Gasteiger partial charge in [0.25, 0.3) is 0 Å². The number of carbonyl (C=O) groups is 2. The van der Waals surface area contributed by atoms with Gasteiger partial charge in [-0.25, -0.2) is 4.79 Å². The van der Waals surface area contributed by atoms with E-state index in [-0.39, 0.29) is 5.69 Å². The molecule has 2 aromatic carbocycles. The van der Waals surface area contributed by atoms with E-state index in [2.05, 4.69) is 31.1 Å². The summed E-state index contributed by atoms with van der Waals surface area (Å²) in [5.74, 6) is 2.09. The molecule has 1 heterocycles. The molecule has 30 heavy (non-hydrogen) atoms. The van der Waals surface area contributed by atoms with Crippen LogP contribution in [0, 0.1) is 11.5 Å². The normalized spacial score (nSPS) is 11.1. The lowest BCUT2D eigenvalue weighted by Gasteiger charge is -2.10. The summed E-state index contributed by atoms with van der Waals surface area (Å²) in [5.41, 5.74) is 5.82. The molecule has 0 fully saturated rings. The van der Waals surface area contributed by atoms with E-state index in [1.807, 2.05) is 12.1 Å². The minimum atomic E-state index is -1.56. The third-order valence-corrected chi connectivity index (χ3v) is 5.50. The van der Waals surface area contributed by atoms with Gasteiger partial charge < -0.3 is 14.4 Å². The Bertz CT molecular complexity index is 1210. The molecule has 0 aliphatic rings. The Balaban J connectivity index is 2.04. The molecular formula is C23H22ClNO4Si. The number of carboxylic acid groups (broad SMARTS) is 1. The smallest absolute Gasteiger partial charge is 0.352 e. The van der Waals surface area contributed by atoms with Gasteiger partial charge in [0.05, 0.1) is 5.02 Å². The molecule has 0 saturated heterocycles. The summed E-state index contributed by atoms with van der Waals surface area (Å²) in [6, 6.07) is 12.2. The molecule has 0 spiro atoms. The molecule has 154 valence electrons. The van der Waals surface area contributed by atoms with Crippen molar-refractivity contribution in [3.8, 4) is 17.2 Å². The maximum atomic E-state index is 11.8. The second-order valence-corrected chi connectivity index (χ2v) is 13.2. The zero-order chi connectivity index (χ0) is 22.1. The molecule has 0 aliphatic carbocycles. The number of carboxylic acids is 1. The lowest BCUT2D eigenvalue weighted by atomic mass is 10.1. The zero-order valence-electron chi connectivity index (χ0n) is 17.2. The number of ether oxygens (including phenoxy) is 1. The predicted octanol–water partition coefficient (Wildman–Crippen LogP) is 5.20. The van der Waals surface area contributed by atoms with Gasteiger partial charge in [-0.15, -0.1) is 5.54 Å². The Morgan fingerprint density at radius 1 is 1.13 bits per heavy atom. The molecule has 0 amide bonds. The van der Waals surface area contributed by atoms with Crippen LogP contribution in [0.4, 0.5) is 0 Å². The number of hydrogen-bond acceptors (Lipinski definition) is 3. The van der Waals surface area contributed by atoms with Gasteiger partial charge >= 0.3 is 11.9 Å². The first kappa shape index (κ1) is 21.7. The second-order valence-electron chi connectivity index (χ2n) is 8.05. The first-order valence-corrected chi connectivity index (χ1v) is 13.3. The van der Waals surface area contributed by atoms with E-state index in [1.54, 1.807) is 34.9 Å². The van der Waals surface area contributed by atoms with Crippen LogP contribution in [0.2, 0.25) is 24.7 Å². The number of nitrogens with zero attached hydrogens (tertiary/aromatic N) is 1. The fourth-order valence-corrected chi connectivity index (χ4v) is 3.70. The molecule has 0 aliphatic heterocycles. The molecule has 0 saturated carbocycles. The minimum absolute atomic E-state index is 0.148. The van der Waals surface area contributed by atoms with Gasteiger partial charge in [-0.05, 0) is 42.0 Å². The van der Waals surface area contributed by atoms with Crippen LogP contribution in [-0.2, 0) is 11.3 Å². The third kappa shape index (κ3) is 5.12.